The minimum Gasteiger partial charge on any atom is -0.486 e. The summed E-state index contributed by atoms with van der Waals surface area (Å²) in [5.41, 5.74) is 3.28. The molecule has 0 atom stereocenters. The number of thioether (sulfide) groups is 1. The van der Waals surface area contributed by atoms with Crippen LogP contribution in [0, 0.1) is 6.92 Å². The van der Waals surface area contributed by atoms with E-state index in [2.05, 4.69) is 0 Å². The second-order valence-corrected chi connectivity index (χ2v) is 8.75. The fraction of sp³-hybridized carbons (Fsp3) is 0.0833. The number of aryl methyl sites for hydroxylation is 1. The number of imide groups is 1. The molecule has 1 fully saturated rings. The number of carbonyl (C=O) groups excluding carboxylic acids is 2. The predicted octanol–water partition coefficient (Wildman–Crippen LogP) is 7.12. The van der Waals surface area contributed by atoms with E-state index in [1.54, 1.807) is 42.5 Å². The standard InChI is InChI=1S/C24H17Cl2NO3S/c1-15-6-5-7-16(10-15)14-30-22-19(25)11-17(12-20(22)26)13-21-23(28)27(24(29)31-21)18-8-3-2-4-9-18/h2-13H,14H2,1H3/b21-13-. The summed E-state index contributed by atoms with van der Waals surface area (Å²) in [4.78, 5) is 26.6. The molecule has 0 aromatic heterocycles. The summed E-state index contributed by atoms with van der Waals surface area (Å²) in [5, 5.41) is 0.306. The highest BCUT2D eigenvalue weighted by Crippen LogP contribution is 2.39. The SMILES string of the molecule is Cc1cccc(COc2c(Cl)cc(/C=C3\SC(=O)N(c4ccccc4)C3=O)cc2Cl)c1. The summed E-state index contributed by atoms with van der Waals surface area (Å²) < 4.78 is 5.83. The Kier molecular flexibility index (Phi) is 6.37. The average molecular weight is 470 g/mol. The second-order valence-electron chi connectivity index (χ2n) is 6.94. The minimum atomic E-state index is -0.381. The molecule has 4 rings (SSSR count). The number of para-hydroxylation sites is 1. The maximum Gasteiger partial charge on any atom is 0.298 e. The van der Waals surface area contributed by atoms with Gasteiger partial charge in [0, 0.05) is 0 Å². The Labute approximate surface area is 194 Å². The number of halogens is 2. The number of benzene rings is 3. The van der Waals surface area contributed by atoms with Gasteiger partial charge < -0.3 is 4.74 Å². The van der Waals surface area contributed by atoms with Gasteiger partial charge in [0.05, 0.1) is 20.6 Å². The summed E-state index contributed by atoms with van der Waals surface area (Å²) in [7, 11) is 0. The van der Waals surface area contributed by atoms with Crippen LogP contribution in [0.2, 0.25) is 10.0 Å². The van der Waals surface area contributed by atoms with E-state index in [0.29, 0.717) is 38.6 Å². The molecule has 0 N–H and O–H groups in total. The summed E-state index contributed by atoms with van der Waals surface area (Å²) >= 11 is 13.7. The first-order chi connectivity index (χ1) is 14.9. The molecule has 7 heteroatoms. The van der Waals surface area contributed by atoms with E-state index >= 15 is 0 Å². The Morgan fingerprint density at radius 1 is 0.968 bits per heavy atom. The molecule has 1 saturated heterocycles. The van der Waals surface area contributed by atoms with E-state index in [4.69, 9.17) is 27.9 Å². The Hall–Kier alpha value is -2.73. The van der Waals surface area contributed by atoms with Gasteiger partial charge in [-0.3, -0.25) is 9.59 Å². The molecular formula is C24H17Cl2NO3S. The van der Waals surface area contributed by atoms with Crippen LogP contribution in [0.1, 0.15) is 16.7 Å². The van der Waals surface area contributed by atoms with E-state index in [9.17, 15) is 9.59 Å². The smallest absolute Gasteiger partial charge is 0.298 e. The number of rotatable bonds is 5. The fourth-order valence-electron chi connectivity index (χ4n) is 3.18. The zero-order chi connectivity index (χ0) is 22.0. The van der Waals surface area contributed by atoms with Crippen molar-refractivity contribution in [3.05, 3.63) is 98.4 Å². The molecule has 1 aliphatic rings. The molecule has 0 unspecified atom stereocenters. The van der Waals surface area contributed by atoms with Gasteiger partial charge in [0.15, 0.2) is 5.75 Å². The first kappa shape index (κ1) is 21.5. The molecule has 0 aliphatic carbocycles. The van der Waals surface area contributed by atoms with E-state index in [-0.39, 0.29) is 11.1 Å². The third-order valence-corrected chi connectivity index (χ3v) is 6.02. The maximum atomic E-state index is 12.8. The zero-order valence-electron chi connectivity index (χ0n) is 16.5. The van der Waals surface area contributed by atoms with Gasteiger partial charge in [-0.2, -0.15) is 0 Å². The Bertz CT molecular complexity index is 1170. The van der Waals surface area contributed by atoms with E-state index in [0.717, 1.165) is 27.8 Å². The maximum absolute atomic E-state index is 12.8. The number of hydrogen-bond acceptors (Lipinski definition) is 4. The number of hydrogen-bond donors (Lipinski definition) is 0. The average Bonchev–Trinajstić information content (AvgIpc) is 3.01. The molecule has 1 heterocycles. The molecule has 4 nitrogen and oxygen atoms in total. The van der Waals surface area contributed by atoms with Gasteiger partial charge in [0.1, 0.15) is 6.61 Å². The molecule has 3 aromatic carbocycles. The van der Waals surface area contributed by atoms with Gasteiger partial charge in [-0.05, 0) is 60.2 Å². The van der Waals surface area contributed by atoms with Crippen molar-refractivity contribution in [2.45, 2.75) is 13.5 Å². The molecule has 31 heavy (non-hydrogen) atoms. The lowest BCUT2D eigenvalue weighted by molar-refractivity contribution is -0.113. The lowest BCUT2D eigenvalue weighted by Gasteiger charge is -2.12. The Morgan fingerprint density at radius 3 is 2.35 bits per heavy atom. The molecule has 0 radical (unpaired) electrons. The zero-order valence-corrected chi connectivity index (χ0v) is 18.8. The van der Waals surface area contributed by atoms with Crippen LogP contribution >= 0.6 is 35.0 Å². The number of carbonyl (C=O) groups is 2. The van der Waals surface area contributed by atoms with Crippen LogP contribution in [-0.4, -0.2) is 11.1 Å². The van der Waals surface area contributed by atoms with E-state index in [1.165, 1.54) is 0 Å². The van der Waals surface area contributed by atoms with Gasteiger partial charge in [-0.1, -0.05) is 71.2 Å². The van der Waals surface area contributed by atoms with Crippen LogP contribution in [0.4, 0.5) is 10.5 Å². The van der Waals surface area contributed by atoms with Gasteiger partial charge >= 0.3 is 0 Å². The molecule has 3 aromatic rings. The van der Waals surface area contributed by atoms with Gasteiger partial charge in [-0.15, -0.1) is 0 Å². The van der Waals surface area contributed by atoms with E-state index in [1.807, 2.05) is 37.3 Å². The molecule has 1 aliphatic heterocycles. The molecule has 0 saturated carbocycles. The summed E-state index contributed by atoms with van der Waals surface area (Å²) in [6.45, 7) is 2.34. The highest BCUT2D eigenvalue weighted by Gasteiger charge is 2.36. The highest BCUT2D eigenvalue weighted by molar-refractivity contribution is 8.19. The predicted molar refractivity (Wildman–Crippen MR) is 127 cm³/mol. The van der Waals surface area contributed by atoms with Gasteiger partial charge in [-0.25, -0.2) is 4.90 Å². The third-order valence-electron chi connectivity index (χ3n) is 4.59. The first-order valence-corrected chi connectivity index (χ1v) is 11.0. The lowest BCUT2D eigenvalue weighted by Crippen LogP contribution is -2.27. The van der Waals surface area contributed by atoms with Gasteiger partial charge in [0.25, 0.3) is 11.1 Å². The van der Waals surface area contributed by atoms with Crippen LogP contribution in [0.3, 0.4) is 0 Å². The van der Waals surface area contributed by atoms with Crippen molar-refractivity contribution in [1.82, 2.24) is 0 Å². The summed E-state index contributed by atoms with van der Waals surface area (Å²) in [5.74, 6) is -0.00685. The Balaban J connectivity index is 1.55. The minimum absolute atomic E-state index is 0.300. The molecule has 156 valence electrons. The molecular weight excluding hydrogens is 453 g/mol. The molecule has 0 spiro atoms. The quantitative estimate of drug-likeness (QED) is 0.373. The largest absolute Gasteiger partial charge is 0.486 e. The topological polar surface area (TPSA) is 46.6 Å². The van der Waals surface area contributed by atoms with Crippen molar-refractivity contribution in [1.29, 1.82) is 0 Å². The molecule has 2 amide bonds. The van der Waals surface area contributed by atoms with Crippen molar-refractivity contribution >= 4 is 57.9 Å². The van der Waals surface area contributed by atoms with Crippen molar-refractivity contribution in [2.24, 2.45) is 0 Å². The van der Waals surface area contributed by atoms with Crippen molar-refractivity contribution in [2.75, 3.05) is 4.90 Å². The third kappa shape index (κ3) is 4.79. The van der Waals surface area contributed by atoms with Gasteiger partial charge in [0.2, 0.25) is 0 Å². The number of nitrogens with zero attached hydrogens (tertiary/aromatic N) is 1. The summed E-state index contributed by atoms with van der Waals surface area (Å²) in [6.07, 6.45) is 1.61. The van der Waals surface area contributed by atoms with Crippen LogP contribution in [0.5, 0.6) is 5.75 Å². The van der Waals surface area contributed by atoms with Crippen molar-refractivity contribution < 1.29 is 14.3 Å². The van der Waals surface area contributed by atoms with E-state index < -0.39 is 0 Å². The lowest BCUT2D eigenvalue weighted by atomic mass is 10.1. The van der Waals surface area contributed by atoms with Crippen molar-refractivity contribution in [3.63, 3.8) is 0 Å². The number of ether oxygens (including phenoxy) is 1. The summed E-state index contributed by atoms with van der Waals surface area (Å²) in [6, 6.07) is 20.1. The van der Waals surface area contributed by atoms with Crippen LogP contribution < -0.4 is 9.64 Å². The van der Waals surface area contributed by atoms with Crippen molar-refractivity contribution in [3.8, 4) is 5.75 Å². The normalized spacial score (nSPS) is 15.1. The fourth-order valence-corrected chi connectivity index (χ4v) is 4.63. The highest BCUT2D eigenvalue weighted by atomic mass is 35.5. The number of amides is 2. The first-order valence-electron chi connectivity index (χ1n) is 9.43. The monoisotopic (exact) mass is 469 g/mol. The molecule has 0 bridgehead atoms. The Morgan fingerprint density at radius 2 is 1.68 bits per heavy atom. The van der Waals surface area contributed by atoms with Crippen LogP contribution in [0.25, 0.3) is 6.08 Å². The number of anilines is 1. The van der Waals surface area contributed by atoms with Crippen LogP contribution in [0.15, 0.2) is 71.6 Å². The van der Waals surface area contributed by atoms with Crippen LogP contribution in [-0.2, 0) is 11.4 Å². The second kappa shape index (κ2) is 9.18.